The van der Waals surface area contributed by atoms with E-state index in [0.29, 0.717) is 12.8 Å². The van der Waals surface area contributed by atoms with Gasteiger partial charge in [0.05, 0.1) is 0 Å². The van der Waals surface area contributed by atoms with Gasteiger partial charge in [0.25, 0.3) is 5.56 Å². The summed E-state index contributed by atoms with van der Waals surface area (Å²) in [6.45, 7) is 0. The largest absolute Gasteiger partial charge is 0.329 e. The minimum Gasteiger partial charge on any atom is -0.295 e. The van der Waals surface area contributed by atoms with E-state index in [0.717, 1.165) is 15.7 Å². The molecule has 1 aliphatic rings. The lowest BCUT2D eigenvalue weighted by Crippen LogP contribution is -2.40. The molecular weight excluding hydrogens is 271 g/mol. The average molecular weight is 281 g/mol. The van der Waals surface area contributed by atoms with Crippen LogP contribution in [0.1, 0.15) is 17.2 Å². The smallest absolute Gasteiger partial charge is 0.295 e. The van der Waals surface area contributed by atoms with Crippen molar-refractivity contribution < 1.29 is 4.39 Å². The van der Waals surface area contributed by atoms with Crippen LogP contribution in [-0.4, -0.2) is 9.55 Å². The van der Waals surface area contributed by atoms with Gasteiger partial charge in [-0.05, 0) is 24.0 Å². The summed E-state index contributed by atoms with van der Waals surface area (Å²) in [5.41, 5.74) is 0.518. The van der Waals surface area contributed by atoms with Gasteiger partial charge >= 0.3 is 5.69 Å². The van der Waals surface area contributed by atoms with Crippen LogP contribution in [0.5, 0.6) is 0 Å². The van der Waals surface area contributed by atoms with Crippen molar-refractivity contribution in [3.63, 3.8) is 0 Å². The van der Waals surface area contributed by atoms with Gasteiger partial charge in [0.2, 0.25) is 5.82 Å². The Kier molecular flexibility index (Phi) is 2.78. The first-order valence-electron chi connectivity index (χ1n) is 5.84. The summed E-state index contributed by atoms with van der Waals surface area (Å²) in [5.74, 6) is -1.11. The molecule has 0 spiro atoms. The molecule has 1 aromatic heterocycles. The van der Waals surface area contributed by atoms with Crippen molar-refractivity contribution >= 4 is 11.6 Å². The summed E-state index contributed by atoms with van der Waals surface area (Å²) in [6, 6.07) is 7.33. The number of benzene rings is 1. The minimum atomic E-state index is -1.11. The predicted octanol–water partition coefficient (Wildman–Crippen LogP) is 1.67. The highest BCUT2D eigenvalue weighted by molar-refractivity contribution is 6.29. The highest BCUT2D eigenvalue weighted by Gasteiger charge is 2.26. The van der Waals surface area contributed by atoms with Crippen molar-refractivity contribution in [2.24, 2.45) is 0 Å². The molecule has 0 fully saturated rings. The van der Waals surface area contributed by atoms with Crippen molar-refractivity contribution in [3.05, 3.63) is 67.2 Å². The number of fused-ring (bicyclic) bond motifs is 1. The lowest BCUT2D eigenvalue weighted by atomic mass is 10.1. The van der Waals surface area contributed by atoms with Gasteiger partial charge in [-0.1, -0.05) is 35.9 Å². The Morgan fingerprint density at radius 2 is 1.79 bits per heavy atom. The zero-order valence-corrected chi connectivity index (χ0v) is 10.6. The number of hydrogen-bond donors (Lipinski definition) is 1. The Morgan fingerprint density at radius 1 is 1.21 bits per heavy atom. The fourth-order valence-corrected chi connectivity index (χ4v) is 2.71. The second-order valence-electron chi connectivity index (χ2n) is 4.56. The molecule has 0 bridgehead atoms. The van der Waals surface area contributed by atoms with Crippen molar-refractivity contribution in [2.75, 3.05) is 0 Å². The van der Waals surface area contributed by atoms with E-state index in [-0.39, 0.29) is 6.04 Å². The van der Waals surface area contributed by atoms with Crippen LogP contribution in [0.25, 0.3) is 0 Å². The van der Waals surface area contributed by atoms with Crippen LogP contribution in [0.2, 0.25) is 5.15 Å². The first-order chi connectivity index (χ1) is 9.08. The third-order valence-electron chi connectivity index (χ3n) is 3.43. The van der Waals surface area contributed by atoms with E-state index in [1.165, 1.54) is 0 Å². The quantitative estimate of drug-likeness (QED) is 0.808. The summed E-state index contributed by atoms with van der Waals surface area (Å²) in [6.07, 6.45) is 1.08. The number of hydrogen-bond acceptors (Lipinski definition) is 2. The van der Waals surface area contributed by atoms with Gasteiger partial charge in [-0.15, -0.1) is 0 Å². The van der Waals surface area contributed by atoms with E-state index in [1.807, 2.05) is 24.3 Å². The lowest BCUT2D eigenvalue weighted by Gasteiger charge is -2.12. The van der Waals surface area contributed by atoms with E-state index in [2.05, 4.69) is 4.98 Å². The number of aromatic nitrogens is 2. The molecule has 1 aliphatic carbocycles. The van der Waals surface area contributed by atoms with Gasteiger partial charge in [-0.3, -0.25) is 14.3 Å². The zero-order valence-electron chi connectivity index (χ0n) is 9.82. The third-order valence-corrected chi connectivity index (χ3v) is 3.69. The Hall–Kier alpha value is -1.88. The minimum absolute atomic E-state index is 0.361. The number of H-pyrrole nitrogens is 1. The molecule has 6 heteroatoms. The van der Waals surface area contributed by atoms with Crippen molar-refractivity contribution in [3.8, 4) is 0 Å². The molecule has 0 aliphatic heterocycles. The topological polar surface area (TPSA) is 54.9 Å². The highest BCUT2D eigenvalue weighted by atomic mass is 35.5. The average Bonchev–Trinajstić information content (AvgIpc) is 2.79. The highest BCUT2D eigenvalue weighted by Crippen LogP contribution is 2.28. The van der Waals surface area contributed by atoms with Crippen LogP contribution >= 0.6 is 11.6 Å². The first-order valence-corrected chi connectivity index (χ1v) is 6.22. The number of halogens is 2. The van der Waals surface area contributed by atoms with Gasteiger partial charge in [0, 0.05) is 6.04 Å². The molecule has 19 heavy (non-hydrogen) atoms. The number of rotatable bonds is 1. The van der Waals surface area contributed by atoms with E-state index >= 15 is 0 Å². The van der Waals surface area contributed by atoms with Crippen molar-refractivity contribution in [2.45, 2.75) is 18.9 Å². The summed E-state index contributed by atoms with van der Waals surface area (Å²) in [5, 5.41) is -0.540. The third kappa shape index (κ3) is 1.90. The molecule has 1 aromatic carbocycles. The summed E-state index contributed by atoms with van der Waals surface area (Å²) >= 11 is 5.44. The molecular formula is C13H10ClFN2O2. The number of aromatic amines is 1. The fraction of sp³-hybridized carbons (Fsp3) is 0.231. The molecule has 0 unspecified atom stereocenters. The molecule has 0 saturated heterocycles. The van der Waals surface area contributed by atoms with Crippen LogP contribution in [0.15, 0.2) is 33.9 Å². The van der Waals surface area contributed by atoms with Gasteiger partial charge in [-0.25, -0.2) is 4.79 Å². The standard InChI is InChI=1S/C13H10ClFN2O2/c14-11-10(15)12(18)17(13(19)16-11)9-5-7-3-1-2-4-8(7)6-9/h1-4,9H,5-6H2,(H,16,19). The molecule has 0 saturated carbocycles. The SMILES string of the molecule is O=c1[nH]c(Cl)c(F)c(=O)n1C1Cc2ccccc2C1. The van der Waals surface area contributed by atoms with Crippen LogP contribution in [0.3, 0.4) is 0 Å². The summed E-state index contributed by atoms with van der Waals surface area (Å²) in [7, 11) is 0. The first kappa shape index (κ1) is 12.2. The second-order valence-corrected chi connectivity index (χ2v) is 4.94. The maximum Gasteiger partial charge on any atom is 0.329 e. The summed E-state index contributed by atoms with van der Waals surface area (Å²) < 4.78 is 14.4. The molecule has 98 valence electrons. The number of nitrogens with zero attached hydrogens (tertiary/aromatic N) is 1. The maximum absolute atomic E-state index is 13.5. The van der Waals surface area contributed by atoms with Crippen molar-refractivity contribution in [1.82, 2.24) is 9.55 Å². The Labute approximate surface area is 112 Å². The monoisotopic (exact) mass is 280 g/mol. The normalized spacial score (nSPS) is 14.6. The fourth-order valence-electron chi connectivity index (χ4n) is 2.55. The van der Waals surface area contributed by atoms with Crippen LogP contribution in [0, 0.1) is 5.82 Å². The van der Waals surface area contributed by atoms with Gasteiger partial charge in [0.1, 0.15) is 0 Å². The molecule has 4 nitrogen and oxygen atoms in total. The number of nitrogens with one attached hydrogen (secondary N) is 1. The van der Waals surface area contributed by atoms with E-state index < -0.39 is 22.2 Å². The van der Waals surface area contributed by atoms with Crippen LogP contribution in [0.4, 0.5) is 4.39 Å². The van der Waals surface area contributed by atoms with E-state index in [4.69, 9.17) is 11.6 Å². The molecule has 0 radical (unpaired) electrons. The lowest BCUT2D eigenvalue weighted by molar-refractivity contribution is 0.458. The predicted molar refractivity (Wildman–Crippen MR) is 69.2 cm³/mol. The van der Waals surface area contributed by atoms with E-state index in [1.54, 1.807) is 0 Å². The van der Waals surface area contributed by atoms with Gasteiger partial charge < -0.3 is 0 Å². The molecule has 1 heterocycles. The summed E-state index contributed by atoms with van der Waals surface area (Å²) in [4.78, 5) is 25.8. The molecule has 0 atom stereocenters. The molecule has 2 aromatic rings. The Bertz CT molecular complexity index is 741. The Balaban J connectivity index is 2.10. The second kappa shape index (κ2) is 4.35. The van der Waals surface area contributed by atoms with Crippen LogP contribution in [-0.2, 0) is 12.8 Å². The molecule has 3 rings (SSSR count). The van der Waals surface area contributed by atoms with Crippen molar-refractivity contribution in [1.29, 1.82) is 0 Å². The van der Waals surface area contributed by atoms with Gasteiger partial charge in [0.15, 0.2) is 5.15 Å². The Morgan fingerprint density at radius 3 is 2.37 bits per heavy atom. The molecule has 0 amide bonds. The van der Waals surface area contributed by atoms with Gasteiger partial charge in [-0.2, -0.15) is 4.39 Å². The maximum atomic E-state index is 13.5. The van der Waals surface area contributed by atoms with E-state index in [9.17, 15) is 14.0 Å². The van der Waals surface area contributed by atoms with Crippen LogP contribution < -0.4 is 11.2 Å². The zero-order chi connectivity index (χ0) is 13.6. The molecule has 1 N–H and O–H groups in total.